The molecule has 0 spiro atoms. The Balaban J connectivity index is 1.78. The van der Waals surface area contributed by atoms with Crippen molar-refractivity contribution in [1.29, 1.82) is 0 Å². The molecule has 1 amide bonds. The van der Waals surface area contributed by atoms with Crippen LogP contribution in [0.25, 0.3) is 0 Å². The van der Waals surface area contributed by atoms with E-state index in [4.69, 9.17) is 0 Å². The third-order valence-electron chi connectivity index (χ3n) is 3.68. The number of carbonyl (C=O) groups excluding carboxylic acids is 1. The van der Waals surface area contributed by atoms with Crippen LogP contribution in [-0.2, 0) is 4.79 Å². The molecule has 3 rings (SSSR count). The Morgan fingerprint density at radius 3 is 3.00 bits per heavy atom. The van der Waals surface area contributed by atoms with Crippen molar-refractivity contribution >= 4 is 23.5 Å². The normalized spacial score (nSPS) is 16.4. The number of anilines is 1. The monoisotopic (exact) mass is 316 g/mol. The first-order valence-electron chi connectivity index (χ1n) is 6.99. The lowest BCUT2D eigenvalue weighted by Gasteiger charge is -2.14. The third-order valence-corrected chi connectivity index (χ3v) is 4.77. The summed E-state index contributed by atoms with van der Waals surface area (Å²) in [6.07, 6.45) is 1.86. The van der Waals surface area contributed by atoms with E-state index < -0.39 is 0 Å². The minimum absolute atomic E-state index is 0.0527. The van der Waals surface area contributed by atoms with Gasteiger partial charge in [0.05, 0.1) is 6.04 Å². The molecule has 1 N–H and O–H groups in total. The van der Waals surface area contributed by atoms with E-state index in [-0.39, 0.29) is 23.9 Å². The summed E-state index contributed by atoms with van der Waals surface area (Å²) < 4.78 is 1.64. The van der Waals surface area contributed by atoms with Crippen LogP contribution in [0, 0.1) is 13.8 Å². The first-order chi connectivity index (χ1) is 10.6. The molecule has 0 saturated carbocycles. The number of pyridine rings is 1. The summed E-state index contributed by atoms with van der Waals surface area (Å²) in [4.78, 5) is 33.0. The molecule has 2 aromatic heterocycles. The van der Waals surface area contributed by atoms with Crippen LogP contribution in [0.4, 0.5) is 5.82 Å². The number of carbonyl (C=O) groups is 1. The molecule has 3 heterocycles. The van der Waals surface area contributed by atoms with Gasteiger partial charge < -0.3 is 5.32 Å². The number of fused-ring (bicyclic) bond motifs is 1. The summed E-state index contributed by atoms with van der Waals surface area (Å²) >= 11 is 1.52. The molecule has 0 radical (unpaired) electrons. The molecule has 1 atom stereocenters. The number of nitrogens with one attached hydrogen (secondary N) is 1. The van der Waals surface area contributed by atoms with Crippen molar-refractivity contribution in [1.82, 2.24) is 14.5 Å². The zero-order chi connectivity index (χ0) is 15.7. The average Bonchev–Trinajstić information content (AvgIpc) is 2.88. The second-order valence-electron chi connectivity index (χ2n) is 5.21. The second-order valence-corrected chi connectivity index (χ2v) is 6.20. The van der Waals surface area contributed by atoms with Crippen LogP contribution in [0.5, 0.6) is 0 Å². The molecular formula is C15H16N4O2S. The van der Waals surface area contributed by atoms with E-state index in [9.17, 15) is 9.59 Å². The van der Waals surface area contributed by atoms with E-state index in [1.807, 2.05) is 13.0 Å². The van der Waals surface area contributed by atoms with Gasteiger partial charge in [0.2, 0.25) is 5.91 Å². The summed E-state index contributed by atoms with van der Waals surface area (Å²) in [5.41, 5.74) is 1.34. The van der Waals surface area contributed by atoms with E-state index >= 15 is 0 Å². The van der Waals surface area contributed by atoms with Gasteiger partial charge in [-0.05, 0) is 26.0 Å². The maximum Gasteiger partial charge on any atom is 0.257 e. The molecule has 0 bridgehead atoms. The Hall–Kier alpha value is -2.15. The first kappa shape index (κ1) is 14.8. The zero-order valence-corrected chi connectivity index (χ0v) is 13.2. The molecule has 0 aliphatic carbocycles. The van der Waals surface area contributed by atoms with E-state index in [0.29, 0.717) is 22.3 Å². The second kappa shape index (κ2) is 5.92. The predicted molar refractivity (Wildman–Crippen MR) is 85.2 cm³/mol. The van der Waals surface area contributed by atoms with Gasteiger partial charge >= 0.3 is 0 Å². The maximum absolute atomic E-state index is 12.4. The van der Waals surface area contributed by atoms with Crippen molar-refractivity contribution < 1.29 is 4.79 Å². The molecule has 6 nitrogen and oxygen atoms in total. The standard InChI is InChI=1S/C15H16N4O2S/c1-9-10(2)17-15-19(14(9)21)11(8-22-15)7-13(20)18-12-5-3-4-6-16-12/h3-6,11H,7-8H2,1-2H3,(H,16,18,20). The Bertz CT molecular complexity index is 773. The number of hydrogen-bond donors (Lipinski definition) is 1. The molecule has 1 aliphatic heterocycles. The maximum atomic E-state index is 12.4. The van der Waals surface area contributed by atoms with Crippen LogP contribution in [0.3, 0.4) is 0 Å². The van der Waals surface area contributed by atoms with Gasteiger partial charge in [-0.15, -0.1) is 0 Å². The van der Waals surface area contributed by atoms with E-state index in [1.54, 1.807) is 29.8 Å². The van der Waals surface area contributed by atoms with Crippen molar-refractivity contribution in [3.05, 3.63) is 46.0 Å². The fraction of sp³-hybridized carbons (Fsp3) is 0.333. The number of amides is 1. The van der Waals surface area contributed by atoms with Crippen molar-refractivity contribution in [3.63, 3.8) is 0 Å². The van der Waals surface area contributed by atoms with Gasteiger partial charge in [-0.25, -0.2) is 9.97 Å². The predicted octanol–water partition coefficient (Wildman–Crippen LogP) is 1.93. The lowest BCUT2D eigenvalue weighted by molar-refractivity contribution is -0.116. The summed E-state index contributed by atoms with van der Waals surface area (Å²) in [6.45, 7) is 3.60. The van der Waals surface area contributed by atoms with Gasteiger partial charge in [-0.2, -0.15) is 0 Å². The van der Waals surface area contributed by atoms with Gasteiger partial charge in [0.15, 0.2) is 5.16 Å². The lowest BCUT2D eigenvalue weighted by atomic mass is 10.2. The fourth-order valence-electron chi connectivity index (χ4n) is 2.37. The topological polar surface area (TPSA) is 76.9 Å². The highest BCUT2D eigenvalue weighted by Crippen LogP contribution is 2.32. The van der Waals surface area contributed by atoms with Crippen LogP contribution in [0.15, 0.2) is 34.3 Å². The third kappa shape index (κ3) is 2.76. The van der Waals surface area contributed by atoms with Crippen molar-refractivity contribution in [2.45, 2.75) is 31.5 Å². The highest BCUT2D eigenvalue weighted by Gasteiger charge is 2.28. The van der Waals surface area contributed by atoms with Crippen LogP contribution in [0.1, 0.15) is 23.7 Å². The number of aromatic nitrogens is 3. The zero-order valence-electron chi connectivity index (χ0n) is 12.4. The van der Waals surface area contributed by atoms with Gasteiger partial charge in [0, 0.05) is 29.6 Å². The molecule has 114 valence electrons. The molecule has 22 heavy (non-hydrogen) atoms. The summed E-state index contributed by atoms with van der Waals surface area (Å²) in [5, 5.41) is 3.45. The molecule has 0 saturated heterocycles. The Morgan fingerprint density at radius 1 is 1.45 bits per heavy atom. The largest absolute Gasteiger partial charge is 0.311 e. The summed E-state index contributed by atoms with van der Waals surface area (Å²) in [6, 6.07) is 5.17. The summed E-state index contributed by atoms with van der Waals surface area (Å²) in [5.74, 6) is 1.05. The van der Waals surface area contributed by atoms with E-state index in [0.717, 1.165) is 5.69 Å². The molecule has 0 fully saturated rings. The van der Waals surface area contributed by atoms with Gasteiger partial charge in [-0.3, -0.25) is 14.2 Å². The fourth-order valence-corrected chi connectivity index (χ4v) is 3.55. The van der Waals surface area contributed by atoms with E-state index in [1.165, 1.54) is 11.8 Å². The van der Waals surface area contributed by atoms with Gasteiger partial charge in [-0.1, -0.05) is 17.8 Å². The highest BCUT2D eigenvalue weighted by atomic mass is 32.2. The highest BCUT2D eigenvalue weighted by molar-refractivity contribution is 7.99. The van der Waals surface area contributed by atoms with Gasteiger partial charge in [0.1, 0.15) is 5.82 Å². The van der Waals surface area contributed by atoms with Crippen LogP contribution >= 0.6 is 11.8 Å². The number of thioether (sulfide) groups is 1. The average molecular weight is 316 g/mol. The summed E-state index contributed by atoms with van der Waals surface area (Å²) in [7, 11) is 0. The van der Waals surface area contributed by atoms with Gasteiger partial charge in [0.25, 0.3) is 5.56 Å². The van der Waals surface area contributed by atoms with Crippen molar-refractivity contribution in [3.8, 4) is 0 Å². The molecule has 1 aliphatic rings. The minimum atomic E-state index is -0.164. The van der Waals surface area contributed by atoms with Crippen LogP contribution in [-0.4, -0.2) is 26.2 Å². The Labute approximate surface area is 132 Å². The first-order valence-corrected chi connectivity index (χ1v) is 7.98. The smallest absolute Gasteiger partial charge is 0.257 e. The van der Waals surface area contributed by atoms with Crippen molar-refractivity contribution in [2.24, 2.45) is 0 Å². The lowest BCUT2D eigenvalue weighted by Crippen LogP contribution is -2.29. The van der Waals surface area contributed by atoms with Crippen LogP contribution < -0.4 is 10.9 Å². The molecular weight excluding hydrogens is 300 g/mol. The molecule has 0 aromatic carbocycles. The SMILES string of the molecule is Cc1nc2n(c(=O)c1C)C(CC(=O)Nc1ccccn1)CS2. The number of rotatable bonds is 3. The van der Waals surface area contributed by atoms with Crippen molar-refractivity contribution in [2.75, 3.05) is 11.1 Å². The quantitative estimate of drug-likeness (QED) is 0.876. The van der Waals surface area contributed by atoms with E-state index in [2.05, 4.69) is 15.3 Å². The number of nitrogens with zero attached hydrogens (tertiary/aromatic N) is 3. The molecule has 2 aromatic rings. The molecule has 7 heteroatoms. The Morgan fingerprint density at radius 2 is 2.27 bits per heavy atom. The number of aryl methyl sites for hydroxylation is 1. The Kier molecular flexibility index (Phi) is 3.98. The van der Waals surface area contributed by atoms with Crippen LogP contribution in [0.2, 0.25) is 0 Å². The molecule has 1 unspecified atom stereocenters. The number of hydrogen-bond acceptors (Lipinski definition) is 5. The minimum Gasteiger partial charge on any atom is -0.311 e.